The lowest BCUT2D eigenvalue weighted by atomic mass is 10.2. The number of nitrogens with one attached hydrogen (secondary N) is 1. The monoisotopic (exact) mass is 297 g/mol. The van der Waals surface area contributed by atoms with Crippen LogP contribution in [0.5, 0.6) is 11.5 Å². The Morgan fingerprint density at radius 2 is 2.15 bits per heavy atom. The van der Waals surface area contributed by atoms with Crippen molar-refractivity contribution in [3.8, 4) is 11.5 Å². The van der Waals surface area contributed by atoms with Crippen molar-refractivity contribution in [1.29, 1.82) is 0 Å². The van der Waals surface area contributed by atoms with Crippen molar-refractivity contribution in [3.05, 3.63) is 23.8 Å². The van der Waals surface area contributed by atoms with Gasteiger partial charge in [0.25, 0.3) is 0 Å². The van der Waals surface area contributed by atoms with Crippen LogP contribution >= 0.6 is 0 Å². The van der Waals surface area contributed by atoms with E-state index in [1.165, 1.54) is 0 Å². The van der Waals surface area contributed by atoms with Gasteiger partial charge in [0.05, 0.1) is 13.2 Å². The Bertz CT molecular complexity index is 464. The molecule has 1 aromatic carbocycles. The highest BCUT2D eigenvalue weighted by molar-refractivity contribution is 7.84. The lowest BCUT2D eigenvalue weighted by Crippen LogP contribution is -2.21. The van der Waals surface area contributed by atoms with Crippen molar-refractivity contribution in [2.45, 2.75) is 31.6 Å². The number of hydrogen-bond acceptors (Lipinski definition) is 4. The molecule has 0 saturated carbocycles. The van der Waals surface area contributed by atoms with Gasteiger partial charge in [0.15, 0.2) is 11.5 Å². The first-order valence-corrected chi connectivity index (χ1v) is 8.71. The first kappa shape index (κ1) is 15.3. The van der Waals surface area contributed by atoms with E-state index < -0.39 is 10.8 Å². The van der Waals surface area contributed by atoms with Gasteiger partial charge in [-0.15, -0.1) is 0 Å². The van der Waals surface area contributed by atoms with Gasteiger partial charge in [0.2, 0.25) is 0 Å². The van der Waals surface area contributed by atoms with Crippen LogP contribution in [0.3, 0.4) is 0 Å². The van der Waals surface area contributed by atoms with E-state index in [2.05, 4.69) is 11.4 Å². The van der Waals surface area contributed by atoms with Crippen LogP contribution in [0.1, 0.15) is 25.3 Å². The molecule has 1 aromatic rings. The van der Waals surface area contributed by atoms with Crippen molar-refractivity contribution in [2.75, 3.05) is 26.0 Å². The second-order valence-electron chi connectivity index (χ2n) is 5.07. The third kappa shape index (κ3) is 4.21. The molecule has 2 rings (SSSR count). The number of fused-ring (bicyclic) bond motifs is 1. The van der Waals surface area contributed by atoms with Gasteiger partial charge in [-0.05, 0) is 19.0 Å². The zero-order valence-electron chi connectivity index (χ0n) is 12.2. The Labute approximate surface area is 123 Å². The molecule has 0 fully saturated rings. The molecule has 0 bridgehead atoms. The maximum absolute atomic E-state index is 11.3. The molecule has 1 aliphatic rings. The van der Waals surface area contributed by atoms with Crippen molar-refractivity contribution < 1.29 is 13.7 Å². The van der Waals surface area contributed by atoms with Gasteiger partial charge in [-0.1, -0.05) is 19.1 Å². The van der Waals surface area contributed by atoms with Gasteiger partial charge in [-0.3, -0.25) is 4.21 Å². The molecule has 2 unspecified atom stereocenters. The maximum atomic E-state index is 11.3. The minimum Gasteiger partial charge on any atom is -0.490 e. The van der Waals surface area contributed by atoms with E-state index in [0.29, 0.717) is 13.2 Å². The molecular formula is C15H23NO3S. The third-order valence-electron chi connectivity index (χ3n) is 3.46. The number of rotatable bonds is 6. The van der Waals surface area contributed by atoms with Gasteiger partial charge in [-0.25, -0.2) is 0 Å². The second kappa shape index (κ2) is 7.64. The molecule has 0 radical (unpaired) electrons. The lowest BCUT2D eigenvalue weighted by Gasteiger charge is -2.14. The van der Waals surface area contributed by atoms with Crippen LogP contribution in [0.4, 0.5) is 0 Å². The SMILES string of the molecule is CC(CCNCc1cccc2c1OCCCO2)S(C)=O. The predicted octanol–water partition coefficient (Wildman–Crippen LogP) is 2.09. The zero-order chi connectivity index (χ0) is 14.4. The summed E-state index contributed by atoms with van der Waals surface area (Å²) in [6.07, 6.45) is 3.59. The van der Waals surface area contributed by atoms with Crippen LogP contribution in [0.25, 0.3) is 0 Å². The fourth-order valence-electron chi connectivity index (χ4n) is 2.09. The summed E-state index contributed by atoms with van der Waals surface area (Å²) in [6, 6.07) is 6.00. The molecule has 0 amide bonds. The normalized spacial score (nSPS) is 17.3. The van der Waals surface area contributed by atoms with E-state index >= 15 is 0 Å². The Morgan fingerprint density at radius 3 is 2.95 bits per heavy atom. The molecule has 1 N–H and O–H groups in total. The number of benzene rings is 1. The summed E-state index contributed by atoms with van der Waals surface area (Å²) in [5.74, 6) is 1.70. The fraction of sp³-hybridized carbons (Fsp3) is 0.600. The standard InChI is InChI=1S/C15H23NO3S/c1-12(20(2)17)7-8-16-11-13-5-3-6-14-15(13)19-10-4-9-18-14/h3,5-6,12,16H,4,7-11H2,1-2H3. The van der Waals surface area contributed by atoms with Gasteiger partial charge < -0.3 is 14.8 Å². The van der Waals surface area contributed by atoms with Crippen molar-refractivity contribution >= 4 is 10.8 Å². The first-order chi connectivity index (χ1) is 9.68. The molecule has 2 atom stereocenters. The van der Waals surface area contributed by atoms with Gasteiger partial charge >= 0.3 is 0 Å². The van der Waals surface area contributed by atoms with E-state index in [0.717, 1.165) is 43.0 Å². The number of ether oxygens (including phenoxy) is 2. The summed E-state index contributed by atoms with van der Waals surface area (Å²) in [5.41, 5.74) is 1.12. The predicted molar refractivity (Wildman–Crippen MR) is 81.9 cm³/mol. The molecule has 4 nitrogen and oxygen atoms in total. The summed E-state index contributed by atoms with van der Waals surface area (Å²) in [6.45, 7) is 5.03. The van der Waals surface area contributed by atoms with Gasteiger partial charge in [0.1, 0.15) is 0 Å². The average Bonchev–Trinajstić information content (AvgIpc) is 2.68. The summed E-state index contributed by atoms with van der Waals surface area (Å²) in [5, 5.41) is 3.62. The Hall–Kier alpha value is -1.07. The van der Waals surface area contributed by atoms with Crippen LogP contribution in [0, 0.1) is 0 Å². The third-order valence-corrected chi connectivity index (χ3v) is 4.83. The lowest BCUT2D eigenvalue weighted by molar-refractivity contribution is 0.296. The summed E-state index contributed by atoms with van der Waals surface area (Å²) < 4.78 is 22.7. The van der Waals surface area contributed by atoms with Crippen molar-refractivity contribution in [2.24, 2.45) is 0 Å². The smallest absolute Gasteiger partial charge is 0.165 e. The topological polar surface area (TPSA) is 47.6 Å². The maximum Gasteiger partial charge on any atom is 0.165 e. The Kier molecular flexibility index (Phi) is 5.86. The molecule has 20 heavy (non-hydrogen) atoms. The van der Waals surface area contributed by atoms with Crippen LogP contribution in [-0.4, -0.2) is 35.5 Å². The van der Waals surface area contributed by atoms with E-state index in [9.17, 15) is 4.21 Å². The minimum absolute atomic E-state index is 0.231. The summed E-state index contributed by atoms with van der Waals surface area (Å²) in [7, 11) is -0.747. The molecule has 0 aromatic heterocycles. The summed E-state index contributed by atoms with van der Waals surface area (Å²) >= 11 is 0. The molecule has 0 spiro atoms. The largest absolute Gasteiger partial charge is 0.490 e. The first-order valence-electron chi connectivity index (χ1n) is 7.09. The van der Waals surface area contributed by atoms with Crippen LogP contribution in [-0.2, 0) is 17.3 Å². The molecule has 1 heterocycles. The molecular weight excluding hydrogens is 274 g/mol. The molecule has 0 aliphatic carbocycles. The quantitative estimate of drug-likeness (QED) is 0.817. The van der Waals surface area contributed by atoms with Gasteiger partial charge in [-0.2, -0.15) is 0 Å². The van der Waals surface area contributed by atoms with E-state index in [-0.39, 0.29) is 5.25 Å². The number of hydrogen-bond donors (Lipinski definition) is 1. The van der Waals surface area contributed by atoms with Gasteiger partial charge in [0, 0.05) is 40.8 Å². The van der Waals surface area contributed by atoms with Crippen LogP contribution in [0.2, 0.25) is 0 Å². The Balaban J connectivity index is 1.88. The van der Waals surface area contributed by atoms with E-state index in [4.69, 9.17) is 9.47 Å². The highest BCUT2D eigenvalue weighted by atomic mass is 32.2. The molecule has 0 saturated heterocycles. The number of para-hydroxylation sites is 1. The fourth-order valence-corrected chi connectivity index (χ4v) is 2.54. The van der Waals surface area contributed by atoms with E-state index in [1.807, 2.05) is 19.1 Å². The highest BCUT2D eigenvalue weighted by Crippen LogP contribution is 2.33. The highest BCUT2D eigenvalue weighted by Gasteiger charge is 2.14. The summed E-state index contributed by atoms with van der Waals surface area (Å²) in [4.78, 5) is 0. The van der Waals surface area contributed by atoms with Crippen molar-refractivity contribution in [1.82, 2.24) is 5.32 Å². The Morgan fingerprint density at radius 1 is 1.35 bits per heavy atom. The van der Waals surface area contributed by atoms with Crippen molar-refractivity contribution in [3.63, 3.8) is 0 Å². The molecule has 1 aliphatic heterocycles. The zero-order valence-corrected chi connectivity index (χ0v) is 13.0. The van der Waals surface area contributed by atoms with Crippen LogP contribution in [0.15, 0.2) is 18.2 Å². The molecule has 112 valence electrons. The molecule has 5 heteroatoms. The minimum atomic E-state index is -0.747. The van der Waals surface area contributed by atoms with Crippen LogP contribution < -0.4 is 14.8 Å². The second-order valence-corrected chi connectivity index (χ2v) is 6.87. The van der Waals surface area contributed by atoms with E-state index in [1.54, 1.807) is 6.26 Å². The average molecular weight is 297 g/mol.